The summed E-state index contributed by atoms with van der Waals surface area (Å²) in [6, 6.07) is -0.690. The van der Waals surface area contributed by atoms with Crippen molar-refractivity contribution in [1.29, 1.82) is 0 Å². The largest absolute Gasteiger partial charge is 0.396 e. The van der Waals surface area contributed by atoms with Crippen molar-refractivity contribution in [2.75, 3.05) is 19.8 Å². The van der Waals surface area contributed by atoms with E-state index in [-0.39, 0.29) is 12.2 Å². The molecule has 6 heteroatoms. The fourth-order valence-electron chi connectivity index (χ4n) is 5.01. The van der Waals surface area contributed by atoms with Crippen LogP contribution in [0, 0.1) is 0 Å². The van der Waals surface area contributed by atoms with Crippen molar-refractivity contribution in [3.8, 4) is 0 Å². The number of ether oxygens (including phenoxy) is 3. The molecule has 0 aliphatic carbocycles. The van der Waals surface area contributed by atoms with Crippen LogP contribution in [0.5, 0.6) is 0 Å². The topological polar surface area (TPSA) is 68.2 Å². The highest BCUT2D eigenvalue weighted by Crippen LogP contribution is 2.23. The average molecular weight is 511 g/mol. The van der Waals surface area contributed by atoms with Crippen molar-refractivity contribution in [2.45, 2.75) is 173 Å². The van der Waals surface area contributed by atoms with Crippen LogP contribution in [-0.4, -0.2) is 68.3 Å². The number of unbranched alkanes of at least 4 members (excludes halogenated alkanes) is 19. The molecular weight excluding hydrogens is 451 g/mol. The molecule has 0 aromatic rings. The highest BCUT2D eigenvalue weighted by molar-refractivity contribution is 6.11. The molecule has 0 aromatic heterocycles. The lowest BCUT2D eigenvalue weighted by molar-refractivity contribution is -0.0760. The van der Waals surface area contributed by atoms with Gasteiger partial charge >= 0.3 is 0 Å². The molecule has 0 saturated carbocycles. The molecule has 212 valence electrons. The van der Waals surface area contributed by atoms with E-state index in [4.69, 9.17) is 27.2 Å². The van der Waals surface area contributed by atoms with Crippen LogP contribution in [0.2, 0.25) is 0 Å². The van der Waals surface area contributed by atoms with Gasteiger partial charge in [0, 0.05) is 19.2 Å². The summed E-state index contributed by atoms with van der Waals surface area (Å²) in [5.41, 5.74) is 0. The lowest BCUT2D eigenvalue weighted by atomic mass is 9.93. The van der Waals surface area contributed by atoms with Gasteiger partial charge < -0.3 is 24.4 Å². The molecular formula is C30H59BO5. The van der Waals surface area contributed by atoms with Crippen LogP contribution in [0.3, 0.4) is 0 Å². The van der Waals surface area contributed by atoms with Gasteiger partial charge in [0.15, 0.2) is 0 Å². The first-order valence-electron chi connectivity index (χ1n) is 15.5. The molecule has 2 N–H and O–H groups in total. The van der Waals surface area contributed by atoms with Crippen LogP contribution < -0.4 is 0 Å². The second-order valence-corrected chi connectivity index (χ2v) is 11.1. The second kappa shape index (κ2) is 23.9. The Kier molecular flexibility index (Phi) is 22.5. The minimum absolute atomic E-state index is 0.118. The summed E-state index contributed by atoms with van der Waals surface area (Å²) in [6.07, 6.45) is 25.0. The Hall–Kier alpha value is -0.135. The van der Waals surface area contributed by atoms with Crippen LogP contribution in [0.1, 0.15) is 142 Å². The quantitative estimate of drug-likeness (QED) is 0.0985. The van der Waals surface area contributed by atoms with E-state index >= 15 is 0 Å². The van der Waals surface area contributed by atoms with E-state index in [2.05, 4.69) is 0 Å². The Bertz CT molecular complexity index is 465. The molecule has 1 fully saturated rings. The minimum atomic E-state index is -0.783. The first-order chi connectivity index (χ1) is 17.6. The first-order valence-corrected chi connectivity index (χ1v) is 15.5. The third-order valence-corrected chi connectivity index (χ3v) is 7.33. The normalized spacial score (nSPS) is 22.1. The van der Waals surface area contributed by atoms with Gasteiger partial charge in [0.25, 0.3) is 0 Å². The van der Waals surface area contributed by atoms with E-state index in [1.165, 1.54) is 116 Å². The predicted molar refractivity (Wildman–Crippen MR) is 151 cm³/mol. The highest BCUT2D eigenvalue weighted by atomic mass is 16.6. The predicted octanol–water partition coefficient (Wildman–Crippen LogP) is 6.85. The molecule has 2 unspecified atom stereocenters. The smallest absolute Gasteiger partial charge is 0.113 e. The van der Waals surface area contributed by atoms with E-state index in [1.807, 2.05) is 13.8 Å². The molecule has 4 atom stereocenters. The zero-order valence-electron chi connectivity index (χ0n) is 23.8. The van der Waals surface area contributed by atoms with E-state index in [9.17, 15) is 5.11 Å². The zero-order valence-corrected chi connectivity index (χ0v) is 23.8. The molecule has 1 aliphatic rings. The van der Waals surface area contributed by atoms with Crippen molar-refractivity contribution < 1.29 is 24.4 Å². The van der Waals surface area contributed by atoms with Crippen LogP contribution in [0.4, 0.5) is 0 Å². The number of hydrogen-bond acceptors (Lipinski definition) is 5. The van der Waals surface area contributed by atoms with Crippen LogP contribution in [-0.2, 0) is 14.2 Å². The Morgan fingerprint density at radius 2 is 1.06 bits per heavy atom. The highest BCUT2D eigenvalue weighted by Gasteiger charge is 2.41. The Labute approximate surface area is 224 Å². The Balaban J connectivity index is 1.80. The van der Waals surface area contributed by atoms with Crippen LogP contribution in [0.25, 0.3) is 0 Å². The minimum Gasteiger partial charge on any atom is -0.396 e. The fraction of sp³-hybridized carbons (Fsp3) is 1.00. The van der Waals surface area contributed by atoms with Crippen molar-refractivity contribution in [2.24, 2.45) is 0 Å². The summed E-state index contributed by atoms with van der Waals surface area (Å²) < 4.78 is 17.2. The number of rotatable bonds is 26. The maximum absolute atomic E-state index is 10.2. The zero-order chi connectivity index (χ0) is 26.3. The van der Waals surface area contributed by atoms with E-state index < -0.39 is 18.2 Å². The molecule has 1 saturated heterocycles. The summed E-state index contributed by atoms with van der Waals surface area (Å²) in [5.74, 6) is 0. The third-order valence-electron chi connectivity index (χ3n) is 7.33. The van der Waals surface area contributed by atoms with Gasteiger partial charge in [0.1, 0.15) is 26.2 Å². The lowest BCUT2D eigenvalue weighted by Gasteiger charge is -2.22. The van der Waals surface area contributed by atoms with Gasteiger partial charge in [-0.25, -0.2) is 0 Å². The number of hydrogen-bond donors (Lipinski definition) is 2. The summed E-state index contributed by atoms with van der Waals surface area (Å²) in [6.45, 7) is 5.37. The van der Waals surface area contributed by atoms with Gasteiger partial charge in [-0.1, -0.05) is 116 Å². The average Bonchev–Trinajstić information content (AvgIpc) is 3.13. The van der Waals surface area contributed by atoms with Crippen LogP contribution in [0.15, 0.2) is 0 Å². The molecule has 2 radical (unpaired) electrons. The van der Waals surface area contributed by atoms with Gasteiger partial charge in [-0.3, -0.25) is 0 Å². The molecule has 1 aliphatic heterocycles. The SMILES string of the molecule is [B][C@@H]1O[C@H](COC(C)C)C(OCCCCCCCCCCCCCCCCCCCCCCO)C1O. The second-order valence-electron chi connectivity index (χ2n) is 11.1. The monoisotopic (exact) mass is 510 g/mol. The molecule has 5 nitrogen and oxygen atoms in total. The Morgan fingerprint density at radius 1 is 0.667 bits per heavy atom. The molecule has 1 rings (SSSR count). The third kappa shape index (κ3) is 18.2. The van der Waals surface area contributed by atoms with Crippen LogP contribution >= 0.6 is 0 Å². The number of aliphatic hydroxyl groups is 2. The molecule has 36 heavy (non-hydrogen) atoms. The maximum Gasteiger partial charge on any atom is 0.113 e. The van der Waals surface area contributed by atoms with Gasteiger partial charge in [-0.15, -0.1) is 0 Å². The summed E-state index contributed by atoms with van der Waals surface area (Å²) in [7, 11) is 5.84. The molecule has 1 heterocycles. The summed E-state index contributed by atoms with van der Waals surface area (Å²) in [5, 5.41) is 19.0. The molecule has 0 amide bonds. The van der Waals surface area contributed by atoms with E-state index in [0.29, 0.717) is 19.8 Å². The van der Waals surface area contributed by atoms with Crippen molar-refractivity contribution in [3.63, 3.8) is 0 Å². The van der Waals surface area contributed by atoms with Gasteiger partial charge in [-0.05, 0) is 26.7 Å². The maximum atomic E-state index is 10.2. The van der Waals surface area contributed by atoms with E-state index in [1.54, 1.807) is 0 Å². The van der Waals surface area contributed by atoms with Gasteiger partial charge in [0.2, 0.25) is 0 Å². The van der Waals surface area contributed by atoms with Gasteiger partial charge in [-0.2, -0.15) is 0 Å². The first kappa shape index (κ1) is 33.9. The van der Waals surface area contributed by atoms with Crippen molar-refractivity contribution in [3.05, 3.63) is 0 Å². The fourth-order valence-corrected chi connectivity index (χ4v) is 5.01. The summed E-state index contributed by atoms with van der Waals surface area (Å²) in [4.78, 5) is 0. The molecule has 0 aromatic carbocycles. The molecule has 0 spiro atoms. The molecule has 0 bridgehead atoms. The van der Waals surface area contributed by atoms with Crippen molar-refractivity contribution >= 4 is 7.85 Å². The number of aliphatic hydroxyl groups excluding tert-OH is 2. The lowest BCUT2D eigenvalue weighted by Crippen LogP contribution is -2.38. The summed E-state index contributed by atoms with van der Waals surface area (Å²) >= 11 is 0. The van der Waals surface area contributed by atoms with Gasteiger partial charge in [0.05, 0.1) is 12.7 Å². The van der Waals surface area contributed by atoms with Crippen molar-refractivity contribution in [1.82, 2.24) is 0 Å². The van der Waals surface area contributed by atoms with E-state index in [0.717, 1.165) is 12.8 Å². The Morgan fingerprint density at radius 3 is 1.44 bits per heavy atom. The standard InChI is InChI=1S/C30H59BO5/c1-26(2)35-25-27-29(28(33)30(31)36-27)34-24-22-20-18-16-14-12-10-8-6-4-3-5-7-9-11-13-15-17-19-21-23-32/h26-30,32-33H,3-25H2,1-2H3/t27-,28?,29?,30-/m1/s1.